The van der Waals surface area contributed by atoms with Crippen LogP contribution in [0.1, 0.15) is 26.3 Å². The predicted molar refractivity (Wildman–Crippen MR) is 96.0 cm³/mol. The molecule has 0 spiro atoms. The second-order valence-corrected chi connectivity index (χ2v) is 8.48. The minimum atomic E-state index is -4.05. The highest BCUT2D eigenvalue weighted by atomic mass is 32.2. The van der Waals surface area contributed by atoms with Crippen molar-refractivity contribution in [3.63, 3.8) is 0 Å². The van der Waals surface area contributed by atoms with Crippen LogP contribution in [0, 0.1) is 0 Å². The summed E-state index contributed by atoms with van der Waals surface area (Å²) in [4.78, 5) is 15.0. The quantitative estimate of drug-likeness (QED) is 0.842. The van der Waals surface area contributed by atoms with Crippen LogP contribution in [0.15, 0.2) is 47.5 Å². The Morgan fingerprint density at radius 3 is 2.20 bits per heavy atom. The van der Waals surface area contributed by atoms with Crippen molar-refractivity contribution in [1.29, 1.82) is 0 Å². The van der Waals surface area contributed by atoms with Crippen LogP contribution in [0.5, 0.6) is 0 Å². The number of hydrogen-bond acceptors (Lipinski definition) is 5. The third kappa shape index (κ3) is 4.27. The van der Waals surface area contributed by atoms with Crippen LogP contribution in [0.2, 0.25) is 0 Å². The van der Waals surface area contributed by atoms with Crippen LogP contribution in [0.25, 0.3) is 0 Å². The number of carbonyl (C=O) groups is 1. The normalized spacial score (nSPS) is 12.0. The number of anilines is 2. The highest BCUT2D eigenvalue weighted by Gasteiger charge is 2.27. The fraction of sp³-hybridized carbons (Fsp3) is 0.294. The van der Waals surface area contributed by atoms with E-state index in [-0.39, 0.29) is 21.8 Å². The molecule has 0 radical (unpaired) electrons. The standard InChI is InChI=1S/C17H21N3O4S/c1-17(2,3)12-4-7-14(8-5-12)25(23,24)20(11-16(21)22)13-6-9-15(18)19-10-13/h4-10H,11H2,1-3H3,(H2,18,19)(H,21,22). The SMILES string of the molecule is CC(C)(C)c1ccc(S(=O)(=O)N(CC(=O)O)c2ccc(N)nc2)cc1. The molecule has 0 atom stereocenters. The van der Waals surface area contributed by atoms with E-state index in [1.165, 1.54) is 30.5 Å². The number of carboxylic acids is 1. The zero-order valence-electron chi connectivity index (χ0n) is 14.3. The summed E-state index contributed by atoms with van der Waals surface area (Å²) in [6.07, 6.45) is 1.24. The maximum atomic E-state index is 12.9. The van der Waals surface area contributed by atoms with Gasteiger partial charge in [0.25, 0.3) is 10.0 Å². The summed E-state index contributed by atoms with van der Waals surface area (Å²) < 4.78 is 26.6. The van der Waals surface area contributed by atoms with Crippen molar-refractivity contribution in [2.75, 3.05) is 16.6 Å². The molecule has 0 aliphatic carbocycles. The van der Waals surface area contributed by atoms with E-state index in [1.807, 2.05) is 20.8 Å². The molecule has 8 heteroatoms. The van der Waals surface area contributed by atoms with Crippen molar-refractivity contribution in [3.05, 3.63) is 48.2 Å². The van der Waals surface area contributed by atoms with Gasteiger partial charge in [0.2, 0.25) is 0 Å². The van der Waals surface area contributed by atoms with E-state index in [9.17, 15) is 13.2 Å². The van der Waals surface area contributed by atoms with Gasteiger partial charge in [0.05, 0.1) is 16.8 Å². The van der Waals surface area contributed by atoms with Crippen LogP contribution in [0.3, 0.4) is 0 Å². The highest BCUT2D eigenvalue weighted by Crippen LogP contribution is 2.27. The lowest BCUT2D eigenvalue weighted by molar-refractivity contribution is -0.135. The van der Waals surface area contributed by atoms with Crippen LogP contribution in [-0.4, -0.2) is 31.0 Å². The minimum Gasteiger partial charge on any atom is -0.480 e. The summed E-state index contributed by atoms with van der Waals surface area (Å²) in [5, 5.41) is 9.11. The van der Waals surface area contributed by atoms with Gasteiger partial charge in [-0.3, -0.25) is 9.10 Å². The molecule has 2 aromatic rings. The smallest absolute Gasteiger partial charge is 0.324 e. The molecule has 0 aliphatic heterocycles. The van der Waals surface area contributed by atoms with E-state index in [0.29, 0.717) is 0 Å². The Kier molecular flexibility index (Phi) is 5.03. The summed E-state index contributed by atoms with van der Waals surface area (Å²) in [5.41, 5.74) is 6.50. The Labute approximate surface area is 147 Å². The number of hydrogen-bond donors (Lipinski definition) is 2. The number of carboxylic acid groups (broad SMARTS) is 1. The molecule has 7 nitrogen and oxygen atoms in total. The Morgan fingerprint density at radius 2 is 1.76 bits per heavy atom. The zero-order chi connectivity index (χ0) is 18.8. The van der Waals surface area contributed by atoms with Gasteiger partial charge in [-0.2, -0.15) is 0 Å². The molecule has 2 rings (SSSR count). The van der Waals surface area contributed by atoms with Gasteiger partial charge in [-0.15, -0.1) is 0 Å². The molecule has 0 amide bonds. The first kappa shape index (κ1) is 18.7. The molecule has 1 heterocycles. The van der Waals surface area contributed by atoms with E-state index >= 15 is 0 Å². The lowest BCUT2D eigenvalue weighted by Crippen LogP contribution is -2.35. The maximum Gasteiger partial charge on any atom is 0.324 e. The molecule has 134 valence electrons. The lowest BCUT2D eigenvalue weighted by Gasteiger charge is -2.23. The van der Waals surface area contributed by atoms with Crippen LogP contribution < -0.4 is 10.0 Å². The fourth-order valence-corrected chi connectivity index (χ4v) is 3.64. The van der Waals surface area contributed by atoms with Gasteiger partial charge in [0, 0.05) is 0 Å². The number of aromatic nitrogens is 1. The molecule has 0 aliphatic rings. The minimum absolute atomic E-state index is 0.0126. The first-order valence-electron chi connectivity index (χ1n) is 7.58. The summed E-state index contributed by atoms with van der Waals surface area (Å²) in [6.45, 7) is 5.35. The van der Waals surface area contributed by atoms with Gasteiger partial charge in [-0.05, 0) is 35.2 Å². The molecule has 0 saturated carbocycles. The summed E-state index contributed by atoms with van der Waals surface area (Å²) in [7, 11) is -4.05. The van der Waals surface area contributed by atoms with Crippen LogP contribution >= 0.6 is 0 Å². The Balaban J connectivity index is 2.47. The van der Waals surface area contributed by atoms with Crippen molar-refractivity contribution < 1.29 is 18.3 Å². The third-order valence-electron chi connectivity index (χ3n) is 3.65. The second-order valence-electron chi connectivity index (χ2n) is 6.62. The fourth-order valence-electron chi connectivity index (χ4n) is 2.24. The van der Waals surface area contributed by atoms with Crippen LogP contribution in [-0.2, 0) is 20.2 Å². The van der Waals surface area contributed by atoms with Crippen molar-refractivity contribution in [2.45, 2.75) is 31.1 Å². The zero-order valence-corrected chi connectivity index (χ0v) is 15.1. The number of aliphatic carboxylic acids is 1. The van der Waals surface area contributed by atoms with Crippen molar-refractivity contribution in [3.8, 4) is 0 Å². The monoisotopic (exact) mass is 363 g/mol. The molecule has 1 aromatic heterocycles. The van der Waals surface area contributed by atoms with Gasteiger partial charge in [-0.25, -0.2) is 13.4 Å². The van der Waals surface area contributed by atoms with Gasteiger partial charge in [0.1, 0.15) is 12.4 Å². The molecule has 0 bridgehead atoms. The molecular formula is C17H21N3O4S. The van der Waals surface area contributed by atoms with Crippen molar-refractivity contribution >= 4 is 27.5 Å². The van der Waals surface area contributed by atoms with Crippen molar-refractivity contribution in [2.24, 2.45) is 0 Å². The topological polar surface area (TPSA) is 114 Å². The first-order valence-corrected chi connectivity index (χ1v) is 9.02. The van der Waals surface area contributed by atoms with E-state index in [0.717, 1.165) is 9.87 Å². The number of nitrogen functional groups attached to an aromatic ring is 1. The Hall–Kier alpha value is -2.61. The lowest BCUT2D eigenvalue weighted by atomic mass is 9.87. The second kappa shape index (κ2) is 6.72. The number of nitrogens with two attached hydrogens (primary N) is 1. The molecule has 1 aromatic carbocycles. The van der Waals surface area contributed by atoms with E-state index < -0.39 is 22.5 Å². The molecule has 0 unspecified atom stereocenters. The maximum absolute atomic E-state index is 12.9. The highest BCUT2D eigenvalue weighted by molar-refractivity contribution is 7.92. The number of rotatable bonds is 5. The molecular weight excluding hydrogens is 342 g/mol. The van der Waals surface area contributed by atoms with E-state index in [2.05, 4.69) is 4.98 Å². The molecule has 0 saturated heterocycles. The van der Waals surface area contributed by atoms with Gasteiger partial charge in [-0.1, -0.05) is 32.9 Å². The van der Waals surface area contributed by atoms with Crippen molar-refractivity contribution in [1.82, 2.24) is 4.98 Å². The average molecular weight is 363 g/mol. The largest absolute Gasteiger partial charge is 0.480 e. The first-order chi connectivity index (χ1) is 11.5. The summed E-state index contributed by atoms with van der Waals surface area (Å²) in [5.74, 6) is -1.06. The summed E-state index contributed by atoms with van der Waals surface area (Å²) in [6, 6.07) is 9.26. The number of pyridine rings is 1. The van der Waals surface area contributed by atoms with Gasteiger partial charge < -0.3 is 10.8 Å². The van der Waals surface area contributed by atoms with Gasteiger partial charge in [0.15, 0.2) is 0 Å². The number of benzene rings is 1. The third-order valence-corrected chi connectivity index (χ3v) is 5.43. The molecule has 0 fully saturated rings. The van der Waals surface area contributed by atoms with Crippen LogP contribution in [0.4, 0.5) is 11.5 Å². The van der Waals surface area contributed by atoms with Gasteiger partial charge >= 0.3 is 5.97 Å². The number of nitrogens with zero attached hydrogens (tertiary/aromatic N) is 2. The number of sulfonamides is 1. The average Bonchev–Trinajstić information content (AvgIpc) is 2.52. The Bertz CT molecular complexity index is 854. The predicted octanol–water partition coefficient (Wildman–Crippen LogP) is 2.24. The Morgan fingerprint density at radius 1 is 1.16 bits per heavy atom. The molecule has 3 N–H and O–H groups in total. The molecule has 25 heavy (non-hydrogen) atoms. The summed E-state index contributed by atoms with van der Waals surface area (Å²) >= 11 is 0. The van der Waals surface area contributed by atoms with E-state index in [1.54, 1.807) is 12.1 Å². The van der Waals surface area contributed by atoms with E-state index in [4.69, 9.17) is 10.8 Å².